The molecule has 2 aliphatic heterocycles. The quantitative estimate of drug-likeness (QED) is 0.508. The number of hydrazone groups is 1. The van der Waals surface area contributed by atoms with Gasteiger partial charge in [0.1, 0.15) is 17.3 Å². The zero-order valence-corrected chi connectivity index (χ0v) is 17.1. The van der Waals surface area contributed by atoms with E-state index in [0.29, 0.717) is 18.1 Å². The van der Waals surface area contributed by atoms with Gasteiger partial charge in [-0.25, -0.2) is 9.40 Å². The van der Waals surface area contributed by atoms with Crippen LogP contribution in [0.25, 0.3) is 0 Å². The predicted molar refractivity (Wildman–Crippen MR) is 115 cm³/mol. The van der Waals surface area contributed by atoms with Crippen LogP contribution in [0.5, 0.6) is 11.5 Å². The molecule has 3 aromatic rings. The van der Waals surface area contributed by atoms with Crippen LogP contribution >= 0.6 is 11.6 Å². The summed E-state index contributed by atoms with van der Waals surface area (Å²) in [5, 5.41) is 7.52. The minimum atomic E-state index is -0.440. The van der Waals surface area contributed by atoms with Crippen molar-refractivity contribution in [2.24, 2.45) is 5.10 Å². The third-order valence-electron chi connectivity index (χ3n) is 5.41. The van der Waals surface area contributed by atoms with E-state index in [1.54, 1.807) is 12.1 Å². The molecule has 0 saturated heterocycles. The molecule has 152 valence electrons. The van der Waals surface area contributed by atoms with Gasteiger partial charge < -0.3 is 9.47 Å². The molecule has 5 rings (SSSR count). The van der Waals surface area contributed by atoms with Crippen molar-refractivity contribution in [3.8, 4) is 11.5 Å². The molecule has 0 saturated carbocycles. The van der Waals surface area contributed by atoms with Crippen molar-refractivity contribution < 1.29 is 13.9 Å². The average Bonchev–Trinajstić information content (AvgIpc) is 3.20. The summed E-state index contributed by atoms with van der Waals surface area (Å²) < 4.78 is 25.7. The Morgan fingerprint density at radius 3 is 2.70 bits per heavy atom. The molecule has 0 bridgehead atoms. The Kier molecular flexibility index (Phi) is 4.83. The zero-order valence-electron chi connectivity index (χ0n) is 16.4. The normalized spacial score (nSPS) is 19.6. The van der Waals surface area contributed by atoms with E-state index in [2.05, 4.69) is 0 Å². The summed E-state index contributed by atoms with van der Waals surface area (Å²) >= 11 is 6.28. The Balaban J connectivity index is 1.61. The van der Waals surface area contributed by atoms with E-state index in [1.807, 2.05) is 54.4 Å². The van der Waals surface area contributed by atoms with Gasteiger partial charge in [0, 0.05) is 17.0 Å². The van der Waals surface area contributed by atoms with Gasteiger partial charge in [-0.3, -0.25) is 0 Å². The number of nitrogens with zero attached hydrogens (tertiary/aromatic N) is 2. The van der Waals surface area contributed by atoms with Crippen molar-refractivity contribution in [3.63, 3.8) is 0 Å². The minimum Gasteiger partial charge on any atom is -0.493 e. The molecule has 0 N–H and O–H groups in total. The van der Waals surface area contributed by atoms with E-state index in [9.17, 15) is 4.39 Å². The van der Waals surface area contributed by atoms with E-state index in [4.69, 9.17) is 26.2 Å². The van der Waals surface area contributed by atoms with E-state index >= 15 is 0 Å². The molecule has 0 radical (unpaired) electrons. The van der Waals surface area contributed by atoms with Crippen LogP contribution in [0, 0.1) is 5.82 Å². The third kappa shape index (κ3) is 3.29. The molecule has 2 unspecified atom stereocenters. The van der Waals surface area contributed by atoms with Crippen LogP contribution in [0.15, 0.2) is 71.8 Å². The highest BCUT2D eigenvalue weighted by Gasteiger charge is 2.42. The number of ether oxygens (including phenoxy) is 2. The van der Waals surface area contributed by atoms with Crippen molar-refractivity contribution in [2.75, 3.05) is 6.61 Å². The molecule has 30 heavy (non-hydrogen) atoms. The summed E-state index contributed by atoms with van der Waals surface area (Å²) in [6, 6.07) is 19.9. The molecular formula is C24H20ClFN2O2. The van der Waals surface area contributed by atoms with Crippen LogP contribution in [-0.2, 0) is 0 Å². The van der Waals surface area contributed by atoms with Gasteiger partial charge in [-0.15, -0.1) is 0 Å². The molecule has 0 fully saturated rings. The third-order valence-corrected chi connectivity index (χ3v) is 5.65. The minimum absolute atomic E-state index is 0.0350. The number of benzene rings is 3. The maximum atomic E-state index is 13.4. The molecular weight excluding hydrogens is 403 g/mol. The van der Waals surface area contributed by atoms with Gasteiger partial charge in [0.2, 0.25) is 6.23 Å². The SMILES string of the molecule is CCOc1ccccc1C1Oc2ccc(Cl)cc2C2CC(c3ccc(F)cc3)=NN21. The molecule has 0 aromatic heterocycles. The highest BCUT2D eigenvalue weighted by molar-refractivity contribution is 6.30. The summed E-state index contributed by atoms with van der Waals surface area (Å²) in [5.74, 6) is 1.29. The number of fused-ring (bicyclic) bond motifs is 3. The van der Waals surface area contributed by atoms with Crippen molar-refractivity contribution in [1.82, 2.24) is 5.01 Å². The van der Waals surface area contributed by atoms with Crippen LogP contribution in [0.1, 0.15) is 42.3 Å². The lowest BCUT2D eigenvalue weighted by atomic mass is 9.96. The lowest BCUT2D eigenvalue weighted by Crippen LogP contribution is -2.34. The molecule has 2 aliphatic rings. The first-order valence-electron chi connectivity index (χ1n) is 9.93. The molecule has 0 spiro atoms. The number of halogens is 2. The molecule has 3 aromatic carbocycles. The van der Waals surface area contributed by atoms with Crippen molar-refractivity contribution in [3.05, 3.63) is 94.3 Å². The predicted octanol–water partition coefficient (Wildman–Crippen LogP) is 6.12. The lowest BCUT2D eigenvalue weighted by molar-refractivity contribution is -0.0205. The number of para-hydroxylation sites is 1. The van der Waals surface area contributed by atoms with Gasteiger partial charge in [-0.2, -0.15) is 5.10 Å². The van der Waals surface area contributed by atoms with Crippen molar-refractivity contribution >= 4 is 17.3 Å². The first-order valence-corrected chi connectivity index (χ1v) is 10.3. The molecule has 2 atom stereocenters. The summed E-state index contributed by atoms with van der Waals surface area (Å²) in [5.41, 5.74) is 3.68. The Morgan fingerprint density at radius 2 is 1.90 bits per heavy atom. The zero-order chi connectivity index (χ0) is 20.7. The molecule has 6 heteroatoms. The molecule has 0 aliphatic carbocycles. The Morgan fingerprint density at radius 1 is 1.10 bits per heavy atom. The second kappa shape index (κ2) is 7.65. The first kappa shape index (κ1) is 18.9. The highest BCUT2D eigenvalue weighted by atomic mass is 35.5. The highest BCUT2D eigenvalue weighted by Crippen LogP contribution is 2.49. The molecule has 4 nitrogen and oxygen atoms in total. The Hall–Kier alpha value is -3.05. The van der Waals surface area contributed by atoms with E-state index < -0.39 is 6.23 Å². The van der Waals surface area contributed by atoms with E-state index in [0.717, 1.165) is 33.9 Å². The van der Waals surface area contributed by atoms with Crippen LogP contribution in [-0.4, -0.2) is 17.3 Å². The number of hydrogen-bond donors (Lipinski definition) is 0. The summed E-state index contributed by atoms with van der Waals surface area (Å²) in [4.78, 5) is 0. The van der Waals surface area contributed by atoms with Crippen LogP contribution < -0.4 is 9.47 Å². The van der Waals surface area contributed by atoms with E-state index in [-0.39, 0.29) is 11.9 Å². The van der Waals surface area contributed by atoms with Gasteiger partial charge in [0.05, 0.1) is 23.9 Å². The van der Waals surface area contributed by atoms with Gasteiger partial charge >= 0.3 is 0 Å². The molecule has 0 amide bonds. The van der Waals surface area contributed by atoms with E-state index in [1.165, 1.54) is 12.1 Å². The standard InChI is InChI=1S/C24H20ClFN2O2/c1-2-29-22-6-4-3-5-18(22)24-28-21(19-13-16(25)9-12-23(19)30-24)14-20(27-28)15-7-10-17(26)11-8-15/h3-13,21,24H,2,14H2,1H3. The topological polar surface area (TPSA) is 34.1 Å². The number of rotatable bonds is 4. The monoisotopic (exact) mass is 422 g/mol. The maximum absolute atomic E-state index is 13.4. The van der Waals surface area contributed by atoms with Gasteiger partial charge in [0.15, 0.2) is 0 Å². The summed E-state index contributed by atoms with van der Waals surface area (Å²) in [6.45, 7) is 2.52. The fourth-order valence-corrected chi connectivity index (χ4v) is 4.23. The fraction of sp³-hybridized carbons (Fsp3) is 0.208. The summed E-state index contributed by atoms with van der Waals surface area (Å²) in [6.07, 6.45) is 0.236. The second-order valence-corrected chi connectivity index (χ2v) is 7.71. The van der Waals surface area contributed by atoms with Crippen LogP contribution in [0.4, 0.5) is 4.39 Å². The maximum Gasteiger partial charge on any atom is 0.217 e. The van der Waals surface area contributed by atoms with Crippen molar-refractivity contribution in [1.29, 1.82) is 0 Å². The smallest absolute Gasteiger partial charge is 0.217 e. The fourth-order valence-electron chi connectivity index (χ4n) is 4.05. The summed E-state index contributed by atoms with van der Waals surface area (Å²) in [7, 11) is 0. The Labute approximate surface area is 179 Å². The second-order valence-electron chi connectivity index (χ2n) is 7.28. The first-order chi connectivity index (χ1) is 14.6. The molecule has 2 heterocycles. The van der Waals surface area contributed by atoms with Gasteiger partial charge in [-0.1, -0.05) is 35.9 Å². The van der Waals surface area contributed by atoms with Crippen LogP contribution in [0.2, 0.25) is 5.02 Å². The van der Waals surface area contributed by atoms with Gasteiger partial charge in [0.25, 0.3) is 0 Å². The van der Waals surface area contributed by atoms with Crippen LogP contribution in [0.3, 0.4) is 0 Å². The van der Waals surface area contributed by atoms with Gasteiger partial charge in [-0.05, 0) is 55.0 Å². The number of hydrogen-bond acceptors (Lipinski definition) is 4. The average molecular weight is 423 g/mol. The Bertz CT molecular complexity index is 1120. The van der Waals surface area contributed by atoms with Crippen molar-refractivity contribution in [2.45, 2.75) is 25.6 Å². The largest absolute Gasteiger partial charge is 0.493 e. The lowest BCUT2D eigenvalue weighted by Gasteiger charge is -2.38.